The summed E-state index contributed by atoms with van der Waals surface area (Å²) in [4.78, 5) is 2.36. The molecule has 128 valence electrons. The molecule has 4 rings (SSSR count). The van der Waals surface area contributed by atoms with Crippen LogP contribution in [0.2, 0.25) is 0 Å². The molecule has 0 N–H and O–H groups in total. The van der Waals surface area contributed by atoms with Crippen LogP contribution in [0.1, 0.15) is 16.7 Å². The predicted molar refractivity (Wildman–Crippen MR) is 106 cm³/mol. The molecule has 1 heterocycles. The topological polar surface area (TPSA) is 3.24 Å². The zero-order chi connectivity index (χ0) is 17.9. The molecule has 0 spiro atoms. The summed E-state index contributed by atoms with van der Waals surface area (Å²) in [7, 11) is 2.17. The number of fused-ring (bicyclic) bond motifs is 2. The monoisotopic (exact) mass is 449 g/mol. The number of rotatable bonds is 0. The van der Waals surface area contributed by atoms with Crippen LogP contribution >= 0.6 is 0 Å². The molecule has 3 heteroatoms. The summed E-state index contributed by atoms with van der Waals surface area (Å²) in [5, 5.41) is 0. The van der Waals surface area contributed by atoms with Crippen LogP contribution in [0.3, 0.4) is 0 Å². The SMILES string of the molecule is CN1Cc2cccc[c]2[Sb]([C]#Cc2ccc(F)cc2)[c]2ccccc2C1. The fraction of sp³-hybridized carbons (Fsp3) is 0.130. The van der Waals surface area contributed by atoms with E-state index in [-0.39, 0.29) is 5.82 Å². The maximum absolute atomic E-state index is 13.2. The van der Waals surface area contributed by atoms with Crippen molar-refractivity contribution in [2.75, 3.05) is 7.05 Å². The molecule has 0 atom stereocenters. The number of nitrogens with zero attached hydrogens (tertiary/aromatic N) is 1. The fourth-order valence-electron chi connectivity index (χ4n) is 3.27. The Morgan fingerprint density at radius 2 is 1.35 bits per heavy atom. The van der Waals surface area contributed by atoms with Gasteiger partial charge >= 0.3 is 162 Å². The molecule has 1 aliphatic rings. The molecular formula is C23H19FNSb. The summed E-state index contributed by atoms with van der Waals surface area (Å²) >= 11 is -2.23. The molecule has 3 aromatic carbocycles. The summed E-state index contributed by atoms with van der Waals surface area (Å²) in [5.74, 6) is 3.11. The van der Waals surface area contributed by atoms with Gasteiger partial charge in [-0.25, -0.2) is 0 Å². The van der Waals surface area contributed by atoms with E-state index >= 15 is 0 Å². The molecule has 0 bridgehead atoms. The van der Waals surface area contributed by atoms with Crippen molar-refractivity contribution in [3.05, 3.63) is 95.3 Å². The van der Waals surface area contributed by atoms with Crippen molar-refractivity contribution in [1.82, 2.24) is 4.90 Å². The van der Waals surface area contributed by atoms with E-state index < -0.39 is 20.2 Å². The molecule has 0 aliphatic carbocycles. The van der Waals surface area contributed by atoms with Crippen LogP contribution in [-0.2, 0) is 13.1 Å². The van der Waals surface area contributed by atoms with Crippen molar-refractivity contribution in [2.45, 2.75) is 13.1 Å². The minimum atomic E-state index is -2.23. The third kappa shape index (κ3) is 3.70. The van der Waals surface area contributed by atoms with Gasteiger partial charge in [0.15, 0.2) is 0 Å². The van der Waals surface area contributed by atoms with Crippen molar-refractivity contribution < 1.29 is 4.39 Å². The van der Waals surface area contributed by atoms with Crippen LogP contribution in [-0.4, -0.2) is 32.2 Å². The quantitative estimate of drug-likeness (QED) is 0.376. The number of hydrogen-bond donors (Lipinski definition) is 0. The summed E-state index contributed by atoms with van der Waals surface area (Å²) in [6, 6.07) is 23.9. The Bertz CT molecular complexity index is 935. The van der Waals surface area contributed by atoms with E-state index in [0.29, 0.717) is 0 Å². The molecule has 1 nitrogen and oxygen atoms in total. The Kier molecular flexibility index (Phi) is 5.11. The van der Waals surface area contributed by atoms with Crippen molar-refractivity contribution in [3.63, 3.8) is 0 Å². The van der Waals surface area contributed by atoms with Crippen LogP contribution in [0.4, 0.5) is 4.39 Å². The van der Waals surface area contributed by atoms with Crippen LogP contribution in [0.5, 0.6) is 0 Å². The van der Waals surface area contributed by atoms with E-state index in [9.17, 15) is 4.39 Å². The first kappa shape index (κ1) is 17.3. The van der Waals surface area contributed by atoms with Gasteiger partial charge in [0, 0.05) is 0 Å². The number of halogens is 1. The van der Waals surface area contributed by atoms with Gasteiger partial charge in [-0.05, 0) is 0 Å². The molecule has 0 saturated carbocycles. The van der Waals surface area contributed by atoms with E-state index in [1.54, 1.807) is 12.1 Å². The van der Waals surface area contributed by atoms with Crippen molar-refractivity contribution in [2.24, 2.45) is 0 Å². The molecule has 0 radical (unpaired) electrons. The summed E-state index contributed by atoms with van der Waals surface area (Å²) in [6.45, 7) is 1.90. The molecule has 26 heavy (non-hydrogen) atoms. The first-order valence-corrected chi connectivity index (χ1v) is 12.5. The van der Waals surface area contributed by atoms with E-state index in [0.717, 1.165) is 18.7 Å². The van der Waals surface area contributed by atoms with Crippen LogP contribution in [0.25, 0.3) is 0 Å². The first-order chi connectivity index (χ1) is 12.7. The molecule has 0 amide bonds. The summed E-state index contributed by atoms with van der Waals surface area (Å²) in [6.07, 6.45) is 0. The van der Waals surface area contributed by atoms with Gasteiger partial charge in [-0.3, -0.25) is 0 Å². The third-order valence-corrected chi connectivity index (χ3v) is 10.7. The Labute approximate surface area is 161 Å². The van der Waals surface area contributed by atoms with Gasteiger partial charge in [0.2, 0.25) is 0 Å². The van der Waals surface area contributed by atoms with Gasteiger partial charge in [-0.15, -0.1) is 0 Å². The van der Waals surface area contributed by atoms with Gasteiger partial charge in [-0.1, -0.05) is 0 Å². The second-order valence-corrected chi connectivity index (χ2v) is 11.8. The predicted octanol–water partition coefficient (Wildman–Crippen LogP) is 2.97. The molecule has 0 saturated heterocycles. The van der Waals surface area contributed by atoms with E-state index in [1.807, 2.05) is 0 Å². The van der Waals surface area contributed by atoms with Crippen molar-refractivity contribution in [3.8, 4) is 9.79 Å². The van der Waals surface area contributed by atoms with Gasteiger partial charge in [-0.2, -0.15) is 0 Å². The van der Waals surface area contributed by atoms with Crippen molar-refractivity contribution in [1.29, 1.82) is 0 Å². The van der Waals surface area contributed by atoms with Gasteiger partial charge in [0.25, 0.3) is 0 Å². The zero-order valence-corrected chi connectivity index (χ0v) is 17.2. The fourth-order valence-corrected chi connectivity index (χ4v) is 9.19. The molecule has 3 aromatic rings. The maximum atomic E-state index is 13.2. The first-order valence-electron chi connectivity index (χ1n) is 8.62. The third-order valence-electron chi connectivity index (χ3n) is 4.50. The van der Waals surface area contributed by atoms with E-state index in [2.05, 4.69) is 70.3 Å². The average Bonchev–Trinajstić information content (AvgIpc) is 2.64. The van der Waals surface area contributed by atoms with Crippen LogP contribution in [0, 0.1) is 15.6 Å². The van der Waals surface area contributed by atoms with E-state index in [4.69, 9.17) is 0 Å². The Hall–Kier alpha value is -2.07. The summed E-state index contributed by atoms with van der Waals surface area (Å²) < 4.78 is 19.7. The number of benzene rings is 3. The summed E-state index contributed by atoms with van der Waals surface area (Å²) in [5.41, 5.74) is 3.66. The number of hydrogen-bond acceptors (Lipinski definition) is 1. The molecule has 0 fully saturated rings. The molecule has 1 aliphatic heterocycles. The van der Waals surface area contributed by atoms with Gasteiger partial charge in [0.1, 0.15) is 0 Å². The normalized spacial score (nSPS) is 14.4. The second kappa shape index (κ2) is 7.66. The van der Waals surface area contributed by atoms with Gasteiger partial charge < -0.3 is 0 Å². The Balaban J connectivity index is 1.85. The standard InChI is InChI=1S/C15H15N.C8H4F.Sb/c1-16(12-14-8-4-2-5-9-14)13-15-10-6-3-7-11-15;1-2-7-3-5-8(9)6-4-7;/h2-8,10H,12-13H2,1H3;3-6H;. The zero-order valence-electron chi connectivity index (χ0n) is 14.6. The van der Waals surface area contributed by atoms with Gasteiger partial charge in [0.05, 0.1) is 0 Å². The molecule has 0 aromatic heterocycles. The average molecular weight is 450 g/mol. The van der Waals surface area contributed by atoms with Crippen molar-refractivity contribution >= 4 is 27.2 Å². The molecular weight excluding hydrogens is 431 g/mol. The minimum absolute atomic E-state index is 0.221. The molecule has 0 unspecified atom stereocenters. The Morgan fingerprint density at radius 3 is 1.92 bits per heavy atom. The van der Waals surface area contributed by atoms with E-state index in [1.165, 1.54) is 30.3 Å². The van der Waals surface area contributed by atoms with Crippen LogP contribution < -0.4 is 7.02 Å². The Morgan fingerprint density at radius 1 is 0.808 bits per heavy atom. The van der Waals surface area contributed by atoms with Crippen LogP contribution in [0.15, 0.2) is 72.8 Å². The second-order valence-electron chi connectivity index (χ2n) is 6.51.